The van der Waals surface area contributed by atoms with Crippen LogP contribution in [0.5, 0.6) is 5.75 Å². The number of hydrogen-bond donors (Lipinski definition) is 1. The lowest BCUT2D eigenvalue weighted by molar-refractivity contribution is -0.123. The van der Waals surface area contributed by atoms with Gasteiger partial charge in [-0.25, -0.2) is 13.4 Å². The highest BCUT2D eigenvalue weighted by molar-refractivity contribution is 7.91. The van der Waals surface area contributed by atoms with Gasteiger partial charge in [0, 0.05) is 16.5 Å². The first-order valence-electron chi connectivity index (χ1n) is 10.7. The molecule has 1 atom stereocenters. The van der Waals surface area contributed by atoms with Gasteiger partial charge in [0.15, 0.2) is 15.0 Å². The molecule has 9 heteroatoms. The van der Waals surface area contributed by atoms with Crippen LogP contribution in [0.1, 0.15) is 24.2 Å². The van der Waals surface area contributed by atoms with E-state index in [9.17, 15) is 13.2 Å². The predicted octanol–water partition coefficient (Wildman–Crippen LogP) is 5.23. The number of nitrogens with one attached hydrogen (secondary N) is 1. The second-order valence-corrected chi connectivity index (χ2v) is 10.6. The molecule has 0 spiro atoms. The quantitative estimate of drug-likeness (QED) is 0.352. The maximum atomic E-state index is 13.3. The number of ether oxygens (including phenoxy) is 1. The zero-order valence-corrected chi connectivity index (χ0v) is 20.3. The molecule has 35 heavy (non-hydrogen) atoms. The molecule has 1 aromatic heterocycles. The first-order valence-corrected chi connectivity index (χ1v) is 13.2. The van der Waals surface area contributed by atoms with Crippen molar-refractivity contribution < 1.29 is 17.9 Å². The molecule has 3 aromatic carbocycles. The maximum Gasteiger partial charge on any atom is 0.271 e. The molecule has 0 bridgehead atoms. The molecule has 0 saturated heterocycles. The van der Waals surface area contributed by atoms with Gasteiger partial charge in [-0.1, -0.05) is 49.4 Å². The monoisotopic (exact) mass is 503 g/mol. The van der Waals surface area contributed by atoms with Crippen LogP contribution in [0, 0.1) is 11.3 Å². The van der Waals surface area contributed by atoms with Crippen molar-refractivity contribution in [3.63, 3.8) is 0 Å². The summed E-state index contributed by atoms with van der Waals surface area (Å²) in [6.07, 6.45) is -1.08. The molecule has 1 unspecified atom stereocenters. The Labute approximate surface area is 207 Å². The lowest BCUT2D eigenvalue weighted by atomic mass is 10.1. The number of amides is 1. The predicted molar refractivity (Wildman–Crippen MR) is 135 cm³/mol. The summed E-state index contributed by atoms with van der Waals surface area (Å²) in [7, 11) is -3.38. The Morgan fingerprint density at radius 1 is 1.06 bits per heavy atom. The molecule has 0 radical (unpaired) electrons. The third-order valence-corrected chi connectivity index (χ3v) is 7.71. The van der Waals surface area contributed by atoms with E-state index in [-0.39, 0.29) is 10.6 Å². The zero-order chi connectivity index (χ0) is 24.8. The van der Waals surface area contributed by atoms with E-state index in [0.29, 0.717) is 22.0 Å². The Bertz CT molecular complexity index is 1460. The molecular weight excluding hydrogens is 482 g/mol. The lowest BCUT2D eigenvalue weighted by Gasteiger charge is -2.19. The number of carbonyl (C=O) groups is 1. The molecule has 0 fully saturated rings. The number of nitrogens with zero attached hydrogens (tertiary/aromatic N) is 2. The Kier molecular flexibility index (Phi) is 7.25. The van der Waals surface area contributed by atoms with Crippen molar-refractivity contribution in [1.82, 2.24) is 4.98 Å². The highest BCUT2D eigenvalue weighted by Crippen LogP contribution is 2.28. The summed E-state index contributed by atoms with van der Waals surface area (Å²) in [4.78, 5) is 18.0. The fraction of sp³-hybridized carbons (Fsp3) is 0.115. The van der Waals surface area contributed by atoms with Crippen molar-refractivity contribution in [1.29, 1.82) is 5.26 Å². The average Bonchev–Trinajstić information content (AvgIpc) is 3.36. The summed E-state index contributed by atoms with van der Waals surface area (Å²) in [6, 6.07) is 24.1. The van der Waals surface area contributed by atoms with Crippen molar-refractivity contribution in [2.75, 3.05) is 11.1 Å². The van der Waals surface area contributed by atoms with Gasteiger partial charge in [0.25, 0.3) is 5.91 Å². The summed E-state index contributed by atoms with van der Waals surface area (Å²) < 4.78 is 30.4. The van der Waals surface area contributed by atoms with Gasteiger partial charge >= 0.3 is 0 Å². The van der Waals surface area contributed by atoms with E-state index in [0.717, 1.165) is 11.3 Å². The molecule has 0 saturated carbocycles. The number of sulfone groups is 1. The zero-order valence-electron chi connectivity index (χ0n) is 18.7. The Morgan fingerprint density at radius 3 is 2.37 bits per heavy atom. The van der Waals surface area contributed by atoms with Crippen LogP contribution in [0.15, 0.2) is 89.1 Å². The minimum Gasteiger partial charge on any atom is -0.476 e. The number of thiazole rings is 1. The molecule has 1 amide bonds. The Balaban J connectivity index is 1.61. The summed E-state index contributed by atoms with van der Waals surface area (Å²) in [5.41, 5.74) is 2.61. The maximum absolute atomic E-state index is 13.3. The van der Waals surface area contributed by atoms with Gasteiger partial charge in [0.05, 0.1) is 28.0 Å². The van der Waals surface area contributed by atoms with E-state index in [4.69, 9.17) is 10.00 Å². The second kappa shape index (κ2) is 10.5. The molecule has 0 aliphatic heterocycles. The van der Waals surface area contributed by atoms with Gasteiger partial charge in [0.2, 0.25) is 6.10 Å². The van der Waals surface area contributed by atoms with E-state index in [2.05, 4.69) is 10.3 Å². The second-order valence-electron chi connectivity index (χ2n) is 7.50. The molecular formula is C26H21N3O4S2. The van der Waals surface area contributed by atoms with Crippen LogP contribution in [-0.2, 0) is 14.6 Å². The van der Waals surface area contributed by atoms with Crippen LogP contribution in [0.3, 0.4) is 0 Å². The van der Waals surface area contributed by atoms with Crippen LogP contribution in [0.25, 0.3) is 11.3 Å². The molecule has 4 rings (SSSR count). The minimum atomic E-state index is -3.38. The SMILES string of the molecule is CCS(=O)(=O)c1ccc(C(Oc2ccc(C#N)cc2)C(=O)Nc2nc(-c3ccccc3)cs2)cc1. The van der Waals surface area contributed by atoms with Crippen LogP contribution >= 0.6 is 11.3 Å². The first kappa shape index (κ1) is 24.1. The van der Waals surface area contributed by atoms with Crippen LogP contribution in [0.4, 0.5) is 5.13 Å². The van der Waals surface area contributed by atoms with Gasteiger partial charge in [0.1, 0.15) is 5.75 Å². The van der Waals surface area contributed by atoms with Gasteiger partial charge in [-0.2, -0.15) is 5.26 Å². The van der Waals surface area contributed by atoms with Crippen molar-refractivity contribution in [2.24, 2.45) is 0 Å². The highest BCUT2D eigenvalue weighted by Gasteiger charge is 2.25. The van der Waals surface area contributed by atoms with E-state index in [1.165, 1.54) is 23.5 Å². The van der Waals surface area contributed by atoms with E-state index < -0.39 is 21.8 Å². The van der Waals surface area contributed by atoms with Gasteiger partial charge in [-0.05, 0) is 36.4 Å². The summed E-state index contributed by atoms with van der Waals surface area (Å²) in [5, 5.41) is 14.1. The number of rotatable bonds is 8. The van der Waals surface area contributed by atoms with Crippen molar-refractivity contribution >= 4 is 32.2 Å². The minimum absolute atomic E-state index is 0.0220. The number of carbonyl (C=O) groups excluding carboxylic acids is 1. The molecule has 176 valence electrons. The van der Waals surface area contributed by atoms with E-state index in [1.54, 1.807) is 43.3 Å². The average molecular weight is 504 g/mol. The van der Waals surface area contributed by atoms with Gasteiger partial charge in [-0.15, -0.1) is 11.3 Å². The molecule has 0 aliphatic carbocycles. The highest BCUT2D eigenvalue weighted by atomic mass is 32.2. The normalized spacial score (nSPS) is 11.9. The van der Waals surface area contributed by atoms with Gasteiger partial charge < -0.3 is 4.74 Å². The third kappa shape index (κ3) is 5.74. The van der Waals surface area contributed by atoms with Crippen molar-refractivity contribution in [3.8, 4) is 23.1 Å². The molecule has 7 nitrogen and oxygen atoms in total. The van der Waals surface area contributed by atoms with E-state index >= 15 is 0 Å². The van der Waals surface area contributed by atoms with Gasteiger partial charge in [-0.3, -0.25) is 10.1 Å². The number of aromatic nitrogens is 1. The first-order chi connectivity index (χ1) is 16.9. The van der Waals surface area contributed by atoms with Crippen molar-refractivity contribution in [3.05, 3.63) is 95.4 Å². The molecule has 1 N–H and O–H groups in total. The van der Waals surface area contributed by atoms with Crippen LogP contribution in [-0.4, -0.2) is 25.1 Å². The Hall–Kier alpha value is -4.00. The van der Waals surface area contributed by atoms with Crippen molar-refractivity contribution in [2.45, 2.75) is 17.9 Å². The fourth-order valence-electron chi connectivity index (χ4n) is 3.28. The summed E-state index contributed by atoms with van der Waals surface area (Å²) >= 11 is 1.29. The number of nitriles is 1. The van der Waals surface area contributed by atoms with E-state index in [1.807, 2.05) is 41.8 Å². The third-order valence-electron chi connectivity index (χ3n) is 5.20. The molecule has 1 heterocycles. The fourth-order valence-corrected chi connectivity index (χ4v) is 4.88. The topological polar surface area (TPSA) is 109 Å². The molecule has 4 aromatic rings. The van der Waals surface area contributed by atoms with Crippen LogP contribution < -0.4 is 10.1 Å². The lowest BCUT2D eigenvalue weighted by Crippen LogP contribution is -2.25. The number of anilines is 1. The molecule has 0 aliphatic rings. The Morgan fingerprint density at radius 2 is 1.74 bits per heavy atom. The number of benzene rings is 3. The number of hydrogen-bond acceptors (Lipinski definition) is 7. The smallest absolute Gasteiger partial charge is 0.271 e. The van der Waals surface area contributed by atoms with Crippen LogP contribution in [0.2, 0.25) is 0 Å². The summed E-state index contributed by atoms with van der Waals surface area (Å²) in [5.74, 6) is -0.0980. The largest absolute Gasteiger partial charge is 0.476 e. The summed E-state index contributed by atoms with van der Waals surface area (Å²) in [6.45, 7) is 1.57. The standard InChI is InChI=1S/C26H21N3O4S2/c1-2-35(31,32)22-14-10-20(11-15-22)24(33-21-12-8-18(16-27)9-13-21)25(30)29-26-28-23(17-34-26)19-6-4-3-5-7-19/h3-15,17,24H,2H2,1H3,(H,28,29,30).